The van der Waals surface area contributed by atoms with Gasteiger partial charge in [-0.3, -0.25) is 19.3 Å². The Bertz CT molecular complexity index is 1260. The van der Waals surface area contributed by atoms with Gasteiger partial charge in [0, 0.05) is 24.3 Å². The van der Waals surface area contributed by atoms with Gasteiger partial charge in [-0.2, -0.15) is 26.3 Å². The van der Waals surface area contributed by atoms with Crippen molar-refractivity contribution < 1.29 is 60.8 Å². The number of nitrogens with two attached hydrogens (primary N) is 1. The molecule has 0 saturated carbocycles. The molecule has 0 radical (unpaired) electrons. The van der Waals surface area contributed by atoms with E-state index in [0.717, 1.165) is 28.5 Å². The number of alkyl halides is 6. The van der Waals surface area contributed by atoms with E-state index in [2.05, 4.69) is 17.4 Å². The van der Waals surface area contributed by atoms with Crippen LogP contribution in [0.15, 0.2) is 54.6 Å². The number of carboxylic acids is 2. The number of fused-ring (bicyclic) bond motifs is 1. The van der Waals surface area contributed by atoms with Gasteiger partial charge in [-0.25, -0.2) is 4.79 Å². The molecule has 1 aromatic heterocycles. The number of aryl methyl sites for hydroxylation is 1. The number of rotatable bonds is 11. The number of thiophene rings is 1. The highest BCUT2D eigenvalue weighted by atomic mass is 32.1. The van der Waals surface area contributed by atoms with Crippen LogP contribution in [0.2, 0.25) is 0 Å². The summed E-state index contributed by atoms with van der Waals surface area (Å²) >= 11 is 1.46. The van der Waals surface area contributed by atoms with Gasteiger partial charge in [0.25, 0.3) is 12.4 Å². The summed E-state index contributed by atoms with van der Waals surface area (Å²) in [5, 5.41) is 27.2. The molecule has 17 heteroatoms. The van der Waals surface area contributed by atoms with Gasteiger partial charge in [0.05, 0.1) is 11.4 Å². The van der Waals surface area contributed by atoms with Crippen LogP contribution in [0.5, 0.6) is 0 Å². The van der Waals surface area contributed by atoms with Gasteiger partial charge in [-0.15, -0.1) is 11.3 Å². The third-order valence-electron chi connectivity index (χ3n) is 5.16. The van der Waals surface area contributed by atoms with Crippen LogP contribution in [0, 0.1) is 0 Å². The molecule has 0 aliphatic carbocycles. The molecule has 0 fully saturated rings. The second kappa shape index (κ2) is 21.5. The van der Waals surface area contributed by atoms with Gasteiger partial charge in [0.15, 0.2) is 0 Å². The predicted molar refractivity (Wildman–Crippen MR) is 150 cm³/mol. The van der Waals surface area contributed by atoms with Gasteiger partial charge in [0.1, 0.15) is 0 Å². The molecule has 0 bridgehead atoms. The lowest BCUT2D eigenvalue weighted by Crippen LogP contribution is -2.38. The quantitative estimate of drug-likeness (QED) is 0.146. The molecule has 0 atom stereocenters. The molecule has 0 aliphatic rings. The van der Waals surface area contributed by atoms with Crippen LogP contribution in [-0.4, -0.2) is 83.6 Å². The molecule has 1 heterocycles. The van der Waals surface area contributed by atoms with Gasteiger partial charge in [-0.1, -0.05) is 42.5 Å². The van der Waals surface area contributed by atoms with Crippen molar-refractivity contribution in [1.29, 1.82) is 0 Å². The molecular formula is C27H31F6N3O7S. The minimum Gasteiger partial charge on any atom is -0.483 e. The number of nitrogens with one attached hydrogen (secondary N) is 1. The van der Waals surface area contributed by atoms with Crippen LogP contribution in [0.3, 0.4) is 0 Å². The van der Waals surface area contributed by atoms with Crippen LogP contribution in [-0.2, 0) is 27.3 Å². The molecule has 0 unspecified atom stereocenters. The molecular weight excluding hydrogens is 624 g/mol. The number of benzene rings is 2. The molecule has 6 N–H and O–H groups in total. The predicted octanol–water partition coefficient (Wildman–Crippen LogP) is 4.62. The van der Waals surface area contributed by atoms with Crippen molar-refractivity contribution >= 4 is 45.7 Å². The zero-order valence-corrected chi connectivity index (χ0v) is 23.8. The van der Waals surface area contributed by atoms with E-state index in [1.54, 1.807) is 0 Å². The Labute approximate surface area is 251 Å². The summed E-state index contributed by atoms with van der Waals surface area (Å²) < 4.78 is 61.8. The van der Waals surface area contributed by atoms with Crippen LogP contribution >= 0.6 is 11.3 Å². The van der Waals surface area contributed by atoms with E-state index in [1.165, 1.54) is 16.9 Å². The molecule has 0 spiro atoms. The van der Waals surface area contributed by atoms with E-state index in [-0.39, 0.29) is 18.9 Å². The highest BCUT2D eigenvalue weighted by Crippen LogP contribution is 2.25. The Hall–Kier alpha value is -4.22. The highest BCUT2D eigenvalue weighted by Gasteiger charge is 2.38. The first-order valence-corrected chi connectivity index (χ1v) is 13.2. The number of carbonyl (C=O) groups is 4. The first-order valence-electron chi connectivity index (χ1n) is 12.4. The van der Waals surface area contributed by atoms with E-state index in [0.29, 0.717) is 31.1 Å². The van der Waals surface area contributed by atoms with E-state index < -0.39 is 24.8 Å². The summed E-state index contributed by atoms with van der Waals surface area (Å²) in [7, 11) is 0. The van der Waals surface area contributed by atoms with Crippen molar-refractivity contribution in [2.24, 2.45) is 5.73 Å². The van der Waals surface area contributed by atoms with Crippen molar-refractivity contribution in [3.8, 4) is 0 Å². The second-order valence-electron chi connectivity index (χ2n) is 8.35. The Morgan fingerprint density at radius 1 is 0.977 bits per heavy atom. The fourth-order valence-electron chi connectivity index (χ4n) is 3.32. The van der Waals surface area contributed by atoms with Crippen molar-refractivity contribution in [2.45, 2.75) is 32.2 Å². The largest absolute Gasteiger partial charge is 0.490 e. The lowest BCUT2D eigenvalue weighted by Gasteiger charge is -2.20. The Morgan fingerprint density at radius 3 is 1.98 bits per heavy atom. The van der Waals surface area contributed by atoms with Crippen molar-refractivity contribution in [1.82, 2.24) is 10.2 Å². The number of hydrogen-bond donors (Lipinski definition) is 5. The number of carbonyl (C=O) groups excluding carboxylic acids is 1. The lowest BCUT2D eigenvalue weighted by atomic mass is 10.1. The standard InChI is InChI=1S/C23H27N3O3S.C2HF3O2.CHF3.CH2O2/c24-15-18-9-7-17(8-10-18)4-3-12-26(16-22(27)28)13-11-25-23(29)21-14-19-5-1-2-6-20(19)30-21;3-2(4,5)1(6)7;2-1(3)4;2-1-3/h1-2,5-10,14H,3-4,11-13,15-16,24H2,(H,25,29)(H,27,28);(H,6,7);1H;1H,(H,2,3). The van der Waals surface area contributed by atoms with Crippen LogP contribution in [0.1, 0.15) is 27.2 Å². The normalized spacial score (nSPS) is 10.5. The number of hydrogen-bond acceptors (Lipinski definition) is 7. The molecule has 244 valence electrons. The molecule has 0 aliphatic heterocycles. The average Bonchev–Trinajstić information content (AvgIpc) is 3.38. The number of aliphatic carboxylic acids is 2. The van der Waals surface area contributed by atoms with E-state index in [9.17, 15) is 41.0 Å². The Kier molecular flexibility index (Phi) is 19.4. The monoisotopic (exact) mass is 655 g/mol. The van der Waals surface area contributed by atoms with Crippen molar-refractivity contribution in [3.63, 3.8) is 0 Å². The van der Waals surface area contributed by atoms with E-state index in [1.807, 2.05) is 47.4 Å². The number of amides is 1. The average molecular weight is 656 g/mol. The second-order valence-corrected chi connectivity index (χ2v) is 9.44. The fraction of sp³-hybridized carbons (Fsp3) is 0.333. The summed E-state index contributed by atoms with van der Waals surface area (Å²) in [6, 6.07) is 18.0. The minimum absolute atomic E-state index is 0.0368. The van der Waals surface area contributed by atoms with Gasteiger partial charge in [-0.05, 0) is 48.0 Å². The number of halogens is 6. The molecule has 10 nitrogen and oxygen atoms in total. The molecule has 2 aromatic carbocycles. The lowest BCUT2D eigenvalue weighted by molar-refractivity contribution is -0.192. The van der Waals surface area contributed by atoms with Gasteiger partial charge < -0.3 is 26.4 Å². The fourth-order valence-corrected chi connectivity index (χ4v) is 4.30. The molecule has 0 saturated heterocycles. The Morgan fingerprint density at radius 2 is 1.50 bits per heavy atom. The maximum absolute atomic E-state index is 12.4. The smallest absolute Gasteiger partial charge is 0.483 e. The van der Waals surface area contributed by atoms with E-state index in [4.69, 9.17) is 25.5 Å². The first-order chi connectivity index (χ1) is 20.6. The first kappa shape index (κ1) is 39.8. The summed E-state index contributed by atoms with van der Waals surface area (Å²) in [6.45, 7) is -1.87. The highest BCUT2D eigenvalue weighted by molar-refractivity contribution is 7.20. The van der Waals surface area contributed by atoms with Crippen LogP contribution in [0.25, 0.3) is 10.1 Å². The summed E-state index contributed by atoms with van der Waals surface area (Å²) in [4.78, 5) is 43.4. The summed E-state index contributed by atoms with van der Waals surface area (Å²) in [5.74, 6) is -3.74. The molecule has 3 rings (SSSR count). The SMILES string of the molecule is FC(F)F.NCc1ccc(CCCN(CCNC(=O)c2cc3ccccc3s2)CC(=O)O)cc1.O=C(O)C(F)(F)F.O=CO. The van der Waals surface area contributed by atoms with Crippen LogP contribution in [0.4, 0.5) is 26.3 Å². The van der Waals surface area contributed by atoms with E-state index >= 15 is 0 Å². The summed E-state index contributed by atoms with van der Waals surface area (Å²) in [5.41, 5.74) is 7.93. The minimum atomic E-state index is -5.08. The van der Waals surface area contributed by atoms with Crippen molar-refractivity contribution in [2.75, 3.05) is 26.2 Å². The summed E-state index contributed by atoms with van der Waals surface area (Å²) in [6.07, 6.45) is -3.37. The zero-order valence-electron chi connectivity index (χ0n) is 23.0. The Balaban J connectivity index is 0.00000111. The van der Waals surface area contributed by atoms with Crippen LogP contribution < -0.4 is 11.1 Å². The third kappa shape index (κ3) is 18.3. The molecule has 1 amide bonds. The number of nitrogens with zero attached hydrogens (tertiary/aromatic N) is 1. The molecule has 3 aromatic rings. The van der Waals surface area contributed by atoms with Gasteiger partial charge >= 0.3 is 24.8 Å². The third-order valence-corrected chi connectivity index (χ3v) is 6.28. The number of carboxylic acid groups (broad SMARTS) is 3. The maximum Gasteiger partial charge on any atom is 0.490 e. The zero-order chi connectivity index (χ0) is 33.7. The molecule has 44 heavy (non-hydrogen) atoms. The van der Waals surface area contributed by atoms with Gasteiger partial charge in [0.2, 0.25) is 0 Å². The van der Waals surface area contributed by atoms with Crippen molar-refractivity contribution in [3.05, 3.63) is 70.6 Å². The maximum atomic E-state index is 12.4. The topological polar surface area (TPSA) is 170 Å².